The van der Waals surface area contributed by atoms with E-state index in [9.17, 15) is 5.11 Å². The van der Waals surface area contributed by atoms with Crippen LogP contribution < -0.4 is 5.32 Å². The quantitative estimate of drug-likeness (QED) is 0.350. The predicted octanol–water partition coefficient (Wildman–Crippen LogP) is 5.06. The molecule has 0 radical (unpaired) electrons. The lowest BCUT2D eigenvalue weighted by Gasteiger charge is -2.35. The minimum Gasteiger partial charge on any atom is -0.378 e. The Morgan fingerprint density at radius 3 is 2.66 bits per heavy atom. The van der Waals surface area contributed by atoms with E-state index in [4.69, 9.17) is 0 Å². The molecule has 3 atom stereocenters. The number of rotatable bonds is 9. The first-order valence-electron chi connectivity index (χ1n) is 10.8. The number of likely N-dealkylation sites (tertiary alicyclic amines) is 1. The van der Waals surface area contributed by atoms with Crippen LogP contribution in [0.25, 0.3) is 0 Å². The number of allylic oxidation sites excluding steroid dienone is 6. The molecule has 2 fully saturated rings. The summed E-state index contributed by atoms with van der Waals surface area (Å²) in [6.07, 6.45) is 13.7. The fraction of sp³-hybridized carbons (Fsp3) is 0.462. The standard InChI is InChI=1S/C26H36N2O/c1-5-7-8-13-21(4)28-17-15-26(16-18-28)19-24(26)27-25(29)23(11-6-2)22-14-10-9-12-20(22)3/h5-10,12-14,23-25,27,29H,1-2,11,15-19H2,3-4H3/b8-7-,21-13+. The lowest BCUT2D eigenvalue weighted by molar-refractivity contribution is 0.0949. The van der Waals surface area contributed by atoms with Gasteiger partial charge in [-0.1, -0.05) is 55.1 Å². The Morgan fingerprint density at radius 1 is 1.28 bits per heavy atom. The summed E-state index contributed by atoms with van der Waals surface area (Å²) in [6, 6.07) is 8.77. The maximum atomic E-state index is 11.0. The Bertz CT molecular complexity index is 771. The summed E-state index contributed by atoms with van der Waals surface area (Å²) in [6.45, 7) is 14.1. The van der Waals surface area contributed by atoms with Crippen molar-refractivity contribution in [3.63, 3.8) is 0 Å². The van der Waals surface area contributed by atoms with Gasteiger partial charge < -0.3 is 10.0 Å². The van der Waals surface area contributed by atoms with Crippen LogP contribution >= 0.6 is 0 Å². The van der Waals surface area contributed by atoms with Gasteiger partial charge in [-0.2, -0.15) is 0 Å². The average Bonchev–Trinajstić information content (AvgIpc) is 3.38. The maximum Gasteiger partial charge on any atom is 0.112 e. The van der Waals surface area contributed by atoms with Gasteiger partial charge >= 0.3 is 0 Å². The predicted molar refractivity (Wildman–Crippen MR) is 123 cm³/mol. The second kappa shape index (κ2) is 9.60. The highest BCUT2D eigenvalue weighted by Crippen LogP contribution is 2.54. The van der Waals surface area contributed by atoms with Crippen molar-refractivity contribution in [3.05, 3.63) is 84.6 Å². The lowest BCUT2D eigenvalue weighted by atomic mass is 9.89. The molecule has 29 heavy (non-hydrogen) atoms. The van der Waals surface area contributed by atoms with Gasteiger partial charge in [0.05, 0.1) is 0 Å². The van der Waals surface area contributed by atoms with Crippen LogP contribution in [0, 0.1) is 12.3 Å². The van der Waals surface area contributed by atoms with E-state index in [0.29, 0.717) is 11.5 Å². The van der Waals surface area contributed by atoms with Gasteiger partial charge in [-0.05, 0) is 62.1 Å². The second-order valence-electron chi connectivity index (χ2n) is 8.63. The largest absolute Gasteiger partial charge is 0.378 e. The average molecular weight is 393 g/mol. The third kappa shape index (κ3) is 5.09. The Morgan fingerprint density at radius 2 is 2.00 bits per heavy atom. The summed E-state index contributed by atoms with van der Waals surface area (Å²) in [5.41, 5.74) is 4.12. The second-order valence-corrected chi connectivity index (χ2v) is 8.63. The monoisotopic (exact) mass is 392 g/mol. The zero-order valence-corrected chi connectivity index (χ0v) is 18.0. The van der Waals surface area contributed by atoms with E-state index in [1.165, 1.54) is 36.1 Å². The summed E-state index contributed by atoms with van der Waals surface area (Å²) >= 11 is 0. The van der Waals surface area contributed by atoms with E-state index >= 15 is 0 Å². The van der Waals surface area contributed by atoms with Crippen LogP contribution in [-0.4, -0.2) is 35.4 Å². The topological polar surface area (TPSA) is 35.5 Å². The van der Waals surface area contributed by atoms with E-state index in [-0.39, 0.29) is 5.92 Å². The molecule has 3 nitrogen and oxygen atoms in total. The summed E-state index contributed by atoms with van der Waals surface area (Å²) in [7, 11) is 0. The fourth-order valence-corrected chi connectivity index (χ4v) is 4.75. The van der Waals surface area contributed by atoms with Crippen molar-refractivity contribution in [2.45, 2.75) is 57.7 Å². The first-order chi connectivity index (χ1) is 14.0. The molecule has 156 valence electrons. The Kier molecular flexibility index (Phi) is 7.15. The highest BCUT2D eigenvalue weighted by atomic mass is 16.3. The van der Waals surface area contributed by atoms with E-state index < -0.39 is 6.23 Å². The normalized spacial score (nSPS) is 23.2. The third-order valence-corrected chi connectivity index (χ3v) is 6.79. The number of aryl methyl sites for hydroxylation is 1. The molecule has 1 spiro atoms. The minimum atomic E-state index is -0.540. The molecule has 1 saturated heterocycles. The zero-order chi connectivity index (χ0) is 20.9. The Labute approximate surface area is 176 Å². The molecule has 3 unspecified atom stereocenters. The zero-order valence-electron chi connectivity index (χ0n) is 18.0. The summed E-state index contributed by atoms with van der Waals surface area (Å²) in [5.74, 6) is 0.0493. The van der Waals surface area contributed by atoms with Crippen LogP contribution in [0.1, 0.15) is 49.7 Å². The molecule has 1 aromatic rings. The number of piperidine rings is 1. The van der Waals surface area contributed by atoms with Crippen molar-refractivity contribution in [2.75, 3.05) is 13.1 Å². The summed E-state index contributed by atoms with van der Waals surface area (Å²) in [4.78, 5) is 2.47. The summed E-state index contributed by atoms with van der Waals surface area (Å²) < 4.78 is 0. The number of hydrogen-bond acceptors (Lipinski definition) is 3. The van der Waals surface area contributed by atoms with Crippen molar-refractivity contribution in [1.29, 1.82) is 0 Å². The highest BCUT2D eigenvalue weighted by molar-refractivity contribution is 5.30. The molecule has 3 heteroatoms. The highest BCUT2D eigenvalue weighted by Gasteiger charge is 2.55. The molecule has 1 aliphatic heterocycles. The van der Waals surface area contributed by atoms with Crippen LogP contribution in [0.5, 0.6) is 0 Å². The van der Waals surface area contributed by atoms with Crippen LogP contribution in [0.2, 0.25) is 0 Å². The number of nitrogens with one attached hydrogen (secondary N) is 1. The number of aliphatic hydroxyl groups is 1. The van der Waals surface area contributed by atoms with Crippen molar-refractivity contribution in [2.24, 2.45) is 5.41 Å². The van der Waals surface area contributed by atoms with Crippen molar-refractivity contribution in [1.82, 2.24) is 10.2 Å². The van der Waals surface area contributed by atoms with E-state index in [1.54, 1.807) is 6.08 Å². The number of hydrogen-bond donors (Lipinski definition) is 2. The molecule has 3 rings (SSSR count). The molecule has 1 heterocycles. The van der Waals surface area contributed by atoms with Gasteiger partial charge in [0.2, 0.25) is 0 Å². The number of aliphatic hydroxyl groups excluding tert-OH is 1. The van der Waals surface area contributed by atoms with Crippen LogP contribution in [0.3, 0.4) is 0 Å². The van der Waals surface area contributed by atoms with Gasteiger partial charge in [-0.25, -0.2) is 0 Å². The molecule has 2 N–H and O–H groups in total. The van der Waals surface area contributed by atoms with E-state index in [0.717, 1.165) is 19.5 Å². The van der Waals surface area contributed by atoms with Gasteiger partial charge in [0.15, 0.2) is 0 Å². The third-order valence-electron chi connectivity index (χ3n) is 6.79. The minimum absolute atomic E-state index is 0.0493. The van der Waals surface area contributed by atoms with Crippen molar-refractivity contribution < 1.29 is 5.11 Å². The lowest BCUT2D eigenvalue weighted by Crippen LogP contribution is -2.41. The summed E-state index contributed by atoms with van der Waals surface area (Å²) in [5, 5.41) is 14.6. The Balaban J connectivity index is 1.57. The van der Waals surface area contributed by atoms with Crippen LogP contribution in [0.15, 0.2) is 73.5 Å². The SMILES string of the molecule is C=C/C=C\C=C(/C)N1CCC2(CC1)CC2NC(O)C(CC=C)c1ccccc1C. The van der Waals surface area contributed by atoms with E-state index in [1.807, 2.05) is 12.2 Å². The number of nitrogens with zero attached hydrogens (tertiary/aromatic N) is 1. The van der Waals surface area contributed by atoms with Crippen molar-refractivity contribution >= 4 is 0 Å². The first kappa shape index (κ1) is 21.6. The Hall–Kier alpha value is -2.10. The molecular formula is C26H36N2O. The number of benzene rings is 1. The molecule has 0 aromatic heterocycles. The maximum absolute atomic E-state index is 11.0. The molecule has 1 aromatic carbocycles. The van der Waals surface area contributed by atoms with Crippen LogP contribution in [-0.2, 0) is 0 Å². The smallest absolute Gasteiger partial charge is 0.112 e. The first-order valence-corrected chi connectivity index (χ1v) is 10.8. The van der Waals surface area contributed by atoms with Gasteiger partial charge in [0, 0.05) is 30.7 Å². The van der Waals surface area contributed by atoms with Crippen LogP contribution in [0.4, 0.5) is 0 Å². The van der Waals surface area contributed by atoms with Crippen molar-refractivity contribution in [3.8, 4) is 0 Å². The van der Waals surface area contributed by atoms with Gasteiger partial charge in [-0.3, -0.25) is 5.32 Å². The van der Waals surface area contributed by atoms with E-state index in [2.05, 4.69) is 73.6 Å². The molecule has 0 bridgehead atoms. The molecule has 1 saturated carbocycles. The fourth-order valence-electron chi connectivity index (χ4n) is 4.75. The van der Waals surface area contributed by atoms with Gasteiger partial charge in [0.25, 0.3) is 0 Å². The van der Waals surface area contributed by atoms with Gasteiger partial charge in [0.1, 0.15) is 6.23 Å². The molecule has 2 aliphatic rings. The molecule has 1 aliphatic carbocycles. The molecular weight excluding hydrogens is 356 g/mol. The molecule has 0 amide bonds. The van der Waals surface area contributed by atoms with Gasteiger partial charge in [-0.15, -0.1) is 6.58 Å².